The summed E-state index contributed by atoms with van der Waals surface area (Å²) in [5.74, 6) is 0.809. The number of aryl methyl sites for hydroxylation is 1. The van der Waals surface area contributed by atoms with Gasteiger partial charge in [0, 0.05) is 13.1 Å². The van der Waals surface area contributed by atoms with E-state index in [2.05, 4.69) is 4.98 Å². The van der Waals surface area contributed by atoms with Crippen LogP contribution in [-0.2, 0) is 34.8 Å². The van der Waals surface area contributed by atoms with Crippen molar-refractivity contribution in [3.8, 4) is 0 Å². The molecule has 0 bridgehead atoms. The predicted octanol–water partition coefficient (Wildman–Crippen LogP) is -0.950. The summed E-state index contributed by atoms with van der Waals surface area (Å²) in [6.45, 7) is 2.51. The van der Waals surface area contributed by atoms with Crippen LogP contribution in [0.5, 0.6) is 0 Å². The molecule has 1 fully saturated rings. The van der Waals surface area contributed by atoms with Crippen LogP contribution in [0, 0.1) is 6.92 Å². The summed E-state index contributed by atoms with van der Waals surface area (Å²) in [6.07, 6.45) is 0.563. The molecular weight excluding hydrogens is 332 g/mol. The van der Waals surface area contributed by atoms with Gasteiger partial charge in [0.1, 0.15) is 5.82 Å². The molecule has 0 unspecified atom stereocenters. The fraction of sp³-hybridized carbons (Fsp3) is 0.667. The molecule has 3 heterocycles. The standard InChI is InChI=1S/C15H22N4O4S/c1-10-16-13-7-19(6-12(13)15(21)18(10)3)14(20)8-17(2)11-4-5-24(22,23)9-11/h11H,4-9H2,1-3H3/t11-/m1/s1. The second-order valence-electron chi connectivity index (χ2n) is 6.67. The molecule has 1 aromatic rings. The summed E-state index contributed by atoms with van der Waals surface area (Å²) in [7, 11) is 0.467. The molecule has 0 radical (unpaired) electrons. The normalized spacial score (nSPS) is 22.2. The van der Waals surface area contributed by atoms with E-state index in [1.54, 1.807) is 30.8 Å². The number of amides is 1. The Labute approximate surface area is 141 Å². The van der Waals surface area contributed by atoms with E-state index in [0.29, 0.717) is 30.0 Å². The smallest absolute Gasteiger partial charge is 0.258 e. The minimum atomic E-state index is -2.97. The zero-order chi connectivity index (χ0) is 17.6. The van der Waals surface area contributed by atoms with Gasteiger partial charge in [-0.15, -0.1) is 0 Å². The Hall–Kier alpha value is -1.74. The van der Waals surface area contributed by atoms with Crippen molar-refractivity contribution >= 4 is 15.7 Å². The van der Waals surface area contributed by atoms with Gasteiger partial charge in [0.05, 0.1) is 42.4 Å². The van der Waals surface area contributed by atoms with Crippen LogP contribution in [-0.4, -0.2) is 64.8 Å². The van der Waals surface area contributed by atoms with E-state index in [9.17, 15) is 18.0 Å². The lowest BCUT2D eigenvalue weighted by Gasteiger charge is -2.25. The average Bonchev–Trinajstić information content (AvgIpc) is 3.08. The van der Waals surface area contributed by atoms with Gasteiger partial charge < -0.3 is 4.90 Å². The molecule has 9 heteroatoms. The van der Waals surface area contributed by atoms with Gasteiger partial charge in [-0.3, -0.25) is 19.1 Å². The predicted molar refractivity (Wildman–Crippen MR) is 88.2 cm³/mol. The highest BCUT2D eigenvalue weighted by Crippen LogP contribution is 2.20. The monoisotopic (exact) mass is 354 g/mol. The maximum atomic E-state index is 12.5. The van der Waals surface area contributed by atoms with Crippen LogP contribution in [0.25, 0.3) is 0 Å². The molecule has 0 spiro atoms. The average molecular weight is 354 g/mol. The lowest BCUT2D eigenvalue weighted by atomic mass is 10.2. The van der Waals surface area contributed by atoms with Gasteiger partial charge in [0.25, 0.3) is 5.56 Å². The highest BCUT2D eigenvalue weighted by molar-refractivity contribution is 7.91. The van der Waals surface area contributed by atoms with Crippen molar-refractivity contribution in [1.29, 1.82) is 0 Å². The highest BCUT2D eigenvalue weighted by Gasteiger charge is 2.33. The van der Waals surface area contributed by atoms with Gasteiger partial charge in [-0.05, 0) is 20.4 Å². The molecule has 8 nitrogen and oxygen atoms in total. The molecule has 0 N–H and O–H groups in total. The number of likely N-dealkylation sites (N-methyl/N-ethyl adjacent to an activating group) is 1. The SMILES string of the molecule is Cc1nc2c(c(=O)n1C)CN(C(=O)CN(C)[C@@H]1CCS(=O)(=O)C1)C2. The Morgan fingerprint density at radius 2 is 2.08 bits per heavy atom. The van der Waals surface area contributed by atoms with E-state index in [1.807, 2.05) is 0 Å². The van der Waals surface area contributed by atoms with Crippen LogP contribution in [0.4, 0.5) is 0 Å². The molecule has 2 aliphatic rings. The van der Waals surface area contributed by atoms with E-state index in [0.717, 1.165) is 0 Å². The van der Waals surface area contributed by atoms with Crippen molar-refractivity contribution in [3.05, 3.63) is 27.4 Å². The van der Waals surface area contributed by atoms with E-state index in [4.69, 9.17) is 0 Å². The van der Waals surface area contributed by atoms with Crippen LogP contribution < -0.4 is 5.56 Å². The first-order valence-corrected chi connectivity index (χ1v) is 9.74. The van der Waals surface area contributed by atoms with Crippen molar-refractivity contribution in [1.82, 2.24) is 19.4 Å². The molecule has 24 heavy (non-hydrogen) atoms. The maximum Gasteiger partial charge on any atom is 0.258 e. The third-order valence-electron chi connectivity index (χ3n) is 4.95. The molecule has 132 valence electrons. The molecule has 0 aliphatic carbocycles. The Morgan fingerprint density at radius 3 is 2.71 bits per heavy atom. The summed E-state index contributed by atoms with van der Waals surface area (Å²) in [5, 5.41) is 0. The fourth-order valence-corrected chi connectivity index (χ4v) is 5.07. The number of nitrogens with zero attached hydrogens (tertiary/aromatic N) is 4. The Bertz CT molecular complexity index is 846. The fourth-order valence-electron chi connectivity index (χ4n) is 3.27. The summed E-state index contributed by atoms with van der Waals surface area (Å²) in [4.78, 5) is 32.6. The minimum Gasteiger partial charge on any atom is -0.331 e. The second-order valence-corrected chi connectivity index (χ2v) is 8.90. The molecule has 2 aliphatic heterocycles. The van der Waals surface area contributed by atoms with Crippen molar-refractivity contribution in [2.45, 2.75) is 32.5 Å². The molecule has 0 aromatic carbocycles. The van der Waals surface area contributed by atoms with Gasteiger partial charge in [-0.2, -0.15) is 0 Å². The van der Waals surface area contributed by atoms with Gasteiger partial charge in [-0.1, -0.05) is 0 Å². The third kappa shape index (κ3) is 3.10. The highest BCUT2D eigenvalue weighted by atomic mass is 32.2. The summed E-state index contributed by atoms with van der Waals surface area (Å²) in [5.41, 5.74) is 1.13. The van der Waals surface area contributed by atoms with E-state index in [-0.39, 0.29) is 42.1 Å². The van der Waals surface area contributed by atoms with Gasteiger partial charge in [-0.25, -0.2) is 13.4 Å². The first-order valence-electron chi connectivity index (χ1n) is 7.92. The number of aromatic nitrogens is 2. The van der Waals surface area contributed by atoms with E-state index < -0.39 is 9.84 Å². The van der Waals surface area contributed by atoms with Crippen LogP contribution in [0.2, 0.25) is 0 Å². The zero-order valence-electron chi connectivity index (χ0n) is 14.2. The summed E-state index contributed by atoms with van der Waals surface area (Å²) >= 11 is 0. The third-order valence-corrected chi connectivity index (χ3v) is 6.70. The Kier molecular flexibility index (Phi) is 4.25. The van der Waals surface area contributed by atoms with Gasteiger partial charge in [0.15, 0.2) is 9.84 Å². The number of sulfone groups is 1. The molecule has 1 amide bonds. The topological polar surface area (TPSA) is 92.6 Å². The van der Waals surface area contributed by atoms with Crippen molar-refractivity contribution < 1.29 is 13.2 Å². The number of rotatable bonds is 3. The number of hydrogen-bond acceptors (Lipinski definition) is 6. The summed E-state index contributed by atoms with van der Waals surface area (Å²) in [6, 6.07) is -0.114. The molecular formula is C15H22N4O4S. The molecule has 1 saturated heterocycles. The summed E-state index contributed by atoms with van der Waals surface area (Å²) < 4.78 is 24.6. The molecule has 0 saturated carbocycles. The Morgan fingerprint density at radius 1 is 1.38 bits per heavy atom. The number of fused-ring (bicyclic) bond motifs is 1. The van der Waals surface area contributed by atoms with Crippen molar-refractivity contribution in [2.24, 2.45) is 7.05 Å². The van der Waals surface area contributed by atoms with Crippen molar-refractivity contribution in [2.75, 3.05) is 25.1 Å². The van der Waals surface area contributed by atoms with Crippen LogP contribution in [0.1, 0.15) is 23.5 Å². The first kappa shape index (κ1) is 17.1. The van der Waals surface area contributed by atoms with Crippen molar-refractivity contribution in [3.63, 3.8) is 0 Å². The molecule has 3 rings (SSSR count). The van der Waals surface area contributed by atoms with E-state index in [1.165, 1.54) is 4.57 Å². The first-order chi connectivity index (χ1) is 11.2. The largest absolute Gasteiger partial charge is 0.331 e. The maximum absolute atomic E-state index is 12.5. The molecule has 1 aromatic heterocycles. The van der Waals surface area contributed by atoms with Gasteiger partial charge in [0.2, 0.25) is 5.91 Å². The van der Waals surface area contributed by atoms with Crippen LogP contribution in [0.15, 0.2) is 4.79 Å². The number of carbonyl (C=O) groups excluding carboxylic acids is 1. The zero-order valence-corrected chi connectivity index (χ0v) is 15.0. The minimum absolute atomic E-state index is 0.108. The quantitative estimate of drug-likeness (QED) is 0.695. The number of hydrogen-bond donors (Lipinski definition) is 0. The van der Waals surface area contributed by atoms with Gasteiger partial charge >= 0.3 is 0 Å². The second kappa shape index (κ2) is 5.96. The molecule has 1 atom stereocenters. The van der Waals surface area contributed by atoms with Crippen LogP contribution >= 0.6 is 0 Å². The van der Waals surface area contributed by atoms with E-state index >= 15 is 0 Å². The Balaban J connectivity index is 1.67. The number of carbonyl (C=O) groups is 1. The lowest BCUT2D eigenvalue weighted by Crippen LogP contribution is -2.41. The van der Waals surface area contributed by atoms with Crippen LogP contribution in [0.3, 0.4) is 0 Å². The lowest BCUT2D eigenvalue weighted by molar-refractivity contribution is -0.133.